The first-order valence-corrected chi connectivity index (χ1v) is 8.50. The van der Waals surface area contributed by atoms with Crippen LogP contribution in [0.2, 0.25) is 0 Å². The maximum Gasteiger partial charge on any atom is 0.387 e. The van der Waals surface area contributed by atoms with Crippen LogP contribution in [0.1, 0.15) is 18.1 Å². The van der Waals surface area contributed by atoms with Gasteiger partial charge in [0.05, 0.1) is 13.7 Å². The molecule has 2 aromatic carbocycles. The highest BCUT2D eigenvalue weighted by molar-refractivity contribution is 5.79. The van der Waals surface area contributed by atoms with Gasteiger partial charge < -0.3 is 20.1 Å². The fourth-order valence-electron chi connectivity index (χ4n) is 2.38. The second-order valence-corrected chi connectivity index (χ2v) is 5.65. The van der Waals surface area contributed by atoms with Gasteiger partial charge in [-0.1, -0.05) is 6.07 Å². The van der Waals surface area contributed by atoms with Crippen LogP contribution in [-0.4, -0.2) is 26.2 Å². The molecular formula is C19H21F4N3O2. The van der Waals surface area contributed by atoms with Gasteiger partial charge in [0.25, 0.3) is 0 Å². The highest BCUT2D eigenvalue weighted by atomic mass is 19.3. The molecular weight excluding hydrogens is 378 g/mol. The Morgan fingerprint density at radius 3 is 2.54 bits per heavy atom. The van der Waals surface area contributed by atoms with Crippen molar-refractivity contribution in [3.05, 3.63) is 59.2 Å². The Kier molecular flexibility index (Phi) is 7.91. The number of nitrogens with one attached hydrogen (secondary N) is 2. The monoisotopic (exact) mass is 399 g/mol. The van der Waals surface area contributed by atoms with E-state index in [1.807, 2.05) is 6.92 Å². The lowest BCUT2D eigenvalue weighted by molar-refractivity contribution is -0.0512. The summed E-state index contributed by atoms with van der Waals surface area (Å²) >= 11 is 0. The smallest absolute Gasteiger partial charge is 0.387 e. The highest BCUT2D eigenvalue weighted by Gasteiger charge is 2.11. The number of alkyl halides is 2. The highest BCUT2D eigenvalue weighted by Crippen LogP contribution is 2.29. The van der Waals surface area contributed by atoms with Crippen molar-refractivity contribution in [1.29, 1.82) is 0 Å². The van der Waals surface area contributed by atoms with E-state index in [9.17, 15) is 17.6 Å². The van der Waals surface area contributed by atoms with Gasteiger partial charge in [-0.25, -0.2) is 13.8 Å². The lowest BCUT2D eigenvalue weighted by Gasteiger charge is -2.13. The van der Waals surface area contributed by atoms with Crippen LogP contribution < -0.4 is 20.1 Å². The average Bonchev–Trinajstić information content (AvgIpc) is 2.66. The largest absolute Gasteiger partial charge is 0.493 e. The van der Waals surface area contributed by atoms with Crippen molar-refractivity contribution in [1.82, 2.24) is 10.6 Å². The Morgan fingerprint density at radius 1 is 1.07 bits per heavy atom. The van der Waals surface area contributed by atoms with E-state index < -0.39 is 18.2 Å². The summed E-state index contributed by atoms with van der Waals surface area (Å²) < 4.78 is 61.5. The molecule has 2 rings (SSSR count). The second kappa shape index (κ2) is 10.4. The minimum atomic E-state index is -2.98. The topological polar surface area (TPSA) is 54.9 Å². The van der Waals surface area contributed by atoms with Crippen LogP contribution in [0, 0.1) is 11.6 Å². The SMILES string of the molecule is CCNC(=NCc1ccc(OC)c(OC(F)F)c1)NCc1cc(F)ccc1F. The average molecular weight is 399 g/mol. The molecule has 2 aromatic rings. The van der Waals surface area contributed by atoms with E-state index in [-0.39, 0.29) is 30.2 Å². The molecule has 0 heterocycles. The zero-order valence-corrected chi connectivity index (χ0v) is 15.4. The maximum atomic E-state index is 13.7. The molecule has 0 spiro atoms. The molecule has 0 bridgehead atoms. The molecule has 5 nitrogen and oxygen atoms in total. The van der Waals surface area contributed by atoms with Crippen molar-refractivity contribution in [2.45, 2.75) is 26.6 Å². The molecule has 2 N–H and O–H groups in total. The molecule has 0 aromatic heterocycles. The van der Waals surface area contributed by atoms with Gasteiger partial charge in [0.1, 0.15) is 11.6 Å². The van der Waals surface area contributed by atoms with Crippen molar-refractivity contribution in [3.8, 4) is 11.5 Å². The summed E-state index contributed by atoms with van der Waals surface area (Å²) in [6.45, 7) is -0.419. The van der Waals surface area contributed by atoms with E-state index in [1.165, 1.54) is 19.2 Å². The van der Waals surface area contributed by atoms with Crippen molar-refractivity contribution < 1.29 is 27.0 Å². The fraction of sp³-hybridized carbons (Fsp3) is 0.316. The molecule has 0 radical (unpaired) electrons. The first kappa shape index (κ1) is 21.3. The lowest BCUT2D eigenvalue weighted by atomic mass is 10.2. The number of rotatable bonds is 8. The Morgan fingerprint density at radius 2 is 1.86 bits per heavy atom. The molecule has 0 aliphatic rings. The van der Waals surface area contributed by atoms with Crippen LogP contribution >= 0.6 is 0 Å². The van der Waals surface area contributed by atoms with Crippen LogP contribution in [0.15, 0.2) is 41.4 Å². The number of nitrogens with zero attached hydrogens (tertiary/aromatic N) is 1. The quantitative estimate of drug-likeness (QED) is 0.403. The lowest BCUT2D eigenvalue weighted by Crippen LogP contribution is -2.37. The van der Waals surface area contributed by atoms with Crippen molar-refractivity contribution >= 4 is 5.96 Å². The maximum absolute atomic E-state index is 13.7. The number of methoxy groups -OCH3 is 1. The van der Waals surface area contributed by atoms with Gasteiger partial charge in [0, 0.05) is 18.7 Å². The van der Waals surface area contributed by atoms with Crippen LogP contribution in [0.25, 0.3) is 0 Å². The molecule has 0 fully saturated rings. The third-order valence-corrected chi connectivity index (χ3v) is 3.66. The summed E-state index contributed by atoms with van der Waals surface area (Å²) in [5.41, 5.74) is 0.758. The first-order chi connectivity index (χ1) is 13.4. The van der Waals surface area contributed by atoms with E-state index >= 15 is 0 Å². The number of ether oxygens (including phenoxy) is 2. The summed E-state index contributed by atoms with van der Waals surface area (Å²) in [5, 5.41) is 5.87. The fourth-order valence-corrected chi connectivity index (χ4v) is 2.38. The van der Waals surface area contributed by atoms with Crippen molar-refractivity contribution in [2.24, 2.45) is 4.99 Å². The zero-order valence-electron chi connectivity index (χ0n) is 15.4. The minimum absolute atomic E-state index is 0.0256. The molecule has 0 saturated carbocycles. The van der Waals surface area contributed by atoms with Crippen molar-refractivity contribution in [3.63, 3.8) is 0 Å². The molecule has 0 atom stereocenters. The normalized spacial score (nSPS) is 11.5. The predicted octanol–water partition coefficient (Wildman–Crippen LogP) is 3.83. The number of hydrogen-bond acceptors (Lipinski definition) is 3. The number of aliphatic imine (C=N–C) groups is 1. The Balaban J connectivity index is 2.10. The molecule has 0 aliphatic carbocycles. The molecule has 0 amide bonds. The number of benzene rings is 2. The summed E-state index contributed by atoms with van der Waals surface area (Å²) in [6.07, 6.45) is 0. The number of guanidine groups is 1. The van der Waals surface area contributed by atoms with Crippen molar-refractivity contribution in [2.75, 3.05) is 13.7 Å². The number of halogens is 4. The van der Waals surface area contributed by atoms with E-state index in [0.717, 1.165) is 18.2 Å². The zero-order chi connectivity index (χ0) is 20.5. The molecule has 152 valence electrons. The Bertz CT molecular complexity index is 816. The van der Waals surface area contributed by atoms with E-state index in [0.29, 0.717) is 18.1 Å². The van der Waals surface area contributed by atoms with E-state index in [2.05, 4.69) is 20.4 Å². The summed E-state index contributed by atoms with van der Waals surface area (Å²) in [4.78, 5) is 4.32. The molecule has 28 heavy (non-hydrogen) atoms. The van der Waals surface area contributed by atoms with Gasteiger partial charge in [-0.3, -0.25) is 0 Å². The van der Waals surface area contributed by atoms with Crippen LogP contribution in [-0.2, 0) is 13.1 Å². The third kappa shape index (κ3) is 6.33. The summed E-state index contributed by atoms with van der Waals surface area (Å²) in [7, 11) is 1.35. The second-order valence-electron chi connectivity index (χ2n) is 5.65. The van der Waals surface area contributed by atoms with Gasteiger partial charge in [-0.05, 0) is 42.8 Å². The van der Waals surface area contributed by atoms with Gasteiger partial charge in [0.2, 0.25) is 0 Å². The van der Waals surface area contributed by atoms with Gasteiger partial charge in [-0.15, -0.1) is 0 Å². The molecule has 0 saturated heterocycles. The van der Waals surface area contributed by atoms with Gasteiger partial charge >= 0.3 is 6.61 Å². The standard InChI is InChI=1S/C19H21F4N3O2/c1-3-24-19(26-11-13-9-14(20)5-6-15(13)21)25-10-12-4-7-16(27-2)17(8-12)28-18(22)23/h4-9,18H,3,10-11H2,1-2H3,(H2,24,25,26). The first-order valence-electron chi connectivity index (χ1n) is 8.50. The number of hydrogen-bond donors (Lipinski definition) is 2. The van der Waals surface area contributed by atoms with Crippen LogP contribution in [0.5, 0.6) is 11.5 Å². The third-order valence-electron chi connectivity index (χ3n) is 3.66. The minimum Gasteiger partial charge on any atom is -0.493 e. The summed E-state index contributed by atoms with van der Waals surface area (Å²) in [5.74, 6) is -0.624. The van der Waals surface area contributed by atoms with E-state index in [1.54, 1.807) is 6.07 Å². The van der Waals surface area contributed by atoms with Crippen LogP contribution in [0.4, 0.5) is 17.6 Å². The summed E-state index contributed by atoms with van der Waals surface area (Å²) in [6, 6.07) is 7.77. The van der Waals surface area contributed by atoms with E-state index in [4.69, 9.17) is 4.74 Å². The Labute approximate surface area is 160 Å². The molecule has 0 unspecified atom stereocenters. The van der Waals surface area contributed by atoms with Gasteiger partial charge in [0.15, 0.2) is 17.5 Å². The molecule has 0 aliphatic heterocycles. The predicted molar refractivity (Wildman–Crippen MR) is 97.6 cm³/mol. The molecule has 9 heteroatoms. The Hall–Kier alpha value is -2.97. The van der Waals surface area contributed by atoms with Gasteiger partial charge in [-0.2, -0.15) is 8.78 Å². The van der Waals surface area contributed by atoms with Crippen LogP contribution in [0.3, 0.4) is 0 Å².